The summed E-state index contributed by atoms with van der Waals surface area (Å²) in [4.78, 5) is 23.7. The Kier molecular flexibility index (Phi) is 2.12. The number of fused-ring (bicyclic) bond motifs is 1. The van der Waals surface area contributed by atoms with Crippen molar-refractivity contribution < 1.29 is 14.4 Å². The summed E-state index contributed by atoms with van der Waals surface area (Å²) in [5.41, 5.74) is 1.96. The van der Waals surface area contributed by atoms with E-state index in [-0.39, 0.29) is 17.3 Å². The highest BCUT2D eigenvalue weighted by atomic mass is 16.7. The van der Waals surface area contributed by atoms with Crippen LogP contribution in [0.3, 0.4) is 0 Å². The summed E-state index contributed by atoms with van der Waals surface area (Å²) in [6.45, 7) is 0. The predicted molar refractivity (Wildman–Crippen MR) is 51.3 cm³/mol. The van der Waals surface area contributed by atoms with Crippen LogP contribution in [0.5, 0.6) is 0 Å². The molecule has 9 heteroatoms. The Bertz CT molecular complexity index is 577. The third-order valence-corrected chi connectivity index (χ3v) is 1.77. The van der Waals surface area contributed by atoms with E-state index in [1.807, 2.05) is 0 Å². The fraction of sp³-hybridized carbons (Fsp3) is 0. The number of aromatic nitrogens is 1. The first kappa shape index (κ1) is 9.83. The number of nitrogens with one attached hydrogen (secondary N) is 1. The zero-order valence-corrected chi connectivity index (χ0v) is 7.61. The van der Waals surface area contributed by atoms with Crippen LogP contribution in [0.1, 0.15) is 0 Å². The average molecular weight is 224 g/mol. The molecule has 0 aliphatic carbocycles. The number of oxazole rings is 1. The summed E-state index contributed by atoms with van der Waals surface area (Å²) in [5.74, 6) is 0. The van der Waals surface area contributed by atoms with Gasteiger partial charge in [-0.3, -0.25) is 10.1 Å². The number of benzene rings is 1. The number of hydrogen-bond acceptors (Lipinski definition) is 6. The Morgan fingerprint density at radius 1 is 1.31 bits per heavy atom. The lowest BCUT2D eigenvalue weighted by molar-refractivity contribution is -0.447. The highest BCUT2D eigenvalue weighted by molar-refractivity contribution is 5.76. The minimum absolute atomic E-state index is 0.110. The van der Waals surface area contributed by atoms with Gasteiger partial charge in [0.15, 0.2) is 10.6 Å². The second-order valence-corrected chi connectivity index (χ2v) is 2.80. The second-order valence-electron chi connectivity index (χ2n) is 2.80. The van der Waals surface area contributed by atoms with Gasteiger partial charge < -0.3 is 4.42 Å². The van der Waals surface area contributed by atoms with E-state index < -0.39 is 9.96 Å². The third kappa shape index (κ3) is 1.73. The number of rotatable bonds is 3. The molecule has 2 rings (SSSR count). The fourth-order valence-corrected chi connectivity index (χ4v) is 1.15. The van der Waals surface area contributed by atoms with Crippen LogP contribution >= 0.6 is 0 Å². The standard InChI is InChI=1S/C7H4N4O5/c12-10(13)4-1-2-5-6(3-4)16-7(8-5)9-11(14)15/h1-3H,(H,8,9). The Morgan fingerprint density at radius 3 is 2.69 bits per heavy atom. The van der Waals surface area contributed by atoms with Crippen molar-refractivity contribution in [2.45, 2.75) is 0 Å². The first-order chi connectivity index (χ1) is 7.56. The first-order valence-electron chi connectivity index (χ1n) is 4.02. The highest BCUT2D eigenvalue weighted by Gasteiger charge is 2.13. The van der Waals surface area contributed by atoms with E-state index >= 15 is 0 Å². The molecule has 2 aromatic rings. The van der Waals surface area contributed by atoms with Crippen molar-refractivity contribution in [2.75, 3.05) is 5.43 Å². The molecule has 0 bridgehead atoms. The number of hydrogen-bond donors (Lipinski definition) is 1. The number of anilines is 1. The van der Waals surface area contributed by atoms with Gasteiger partial charge in [-0.2, -0.15) is 4.98 Å². The molecular formula is C7H4N4O5. The van der Waals surface area contributed by atoms with Crippen molar-refractivity contribution in [1.82, 2.24) is 4.98 Å². The molecule has 16 heavy (non-hydrogen) atoms. The van der Waals surface area contributed by atoms with Gasteiger partial charge in [0.1, 0.15) is 5.52 Å². The Balaban J connectivity index is 2.45. The SMILES string of the molecule is O=[N+]([O-])Nc1nc2ccc([N+](=O)[O-])cc2o1. The van der Waals surface area contributed by atoms with E-state index in [9.17, 15) is 20.2 Å². The summed E-state index contributed by atoms with van der Waals surface area (Å²) < 4.78 is 4.90. The zero-order valence-electron chi connectivity index (χ0n) is 7.61. The van der Waals surface area contributed by atoms with Crippen molar-refractivity contribution >= 4 is 22.8 Å². The topological polar surface area (TPSA) is 124 Å². The molecule has 0 atom stereocenters. The van der Waals surface area contributed by atoms with E-state index in [1.165, 1.54) is 12.1 Å². The van der Waals surface area contributed by atoms with Crippen molar-refractivity contribution in [3.63, 3.8) is 0 Å². The van der Waals surface area contributed by atoms with Crippen molar-refractivity contribution in [1.29, 1.82) is 0 Å². The number of nitro groups is 2. The smallest absolute Gasteiger partial charge is 0.355 e. The van der Waals surface area contributed by atoms with Gasteiger partial charge in [-0.25, -0.2) is 10.1 Å². The van der Waals surface area contributed by atoms with Crippen LogP contribution in [0.25, 0.3) is 11.1 Å². The lowest BCUT2D eigenvalue weighted by Crippen LogP contribution is -2.07. The van der Waals surface area contributed by atoms with Crippen molar-refractivity contribution in [3.8, 4) is 0 Å². The van der Waals surface area contributed by atoms with Gasteiger partial charge >= 0.3 is 6.01 Å². The normalized spacial score (nSPS) is 10.2. The molecule has 1 aromatic heterocycles. The predicted octanol–water partition coefficient (Wildman–Crippen LogP) is 1.34. The van der Waals surface area contributed by atoms with Gasteiger partial charge in [0.25, 0.3) is 5.69 Å². The van der Waals surface area contributed by atoms with E-state index in [2.05, 4.69) is 4.98 Å². The van der Waals surface area contributed by atoms with E-state index in [0.717, 1.165) is 6.07 Å². The second kappa shape index (κ2) is 3.46. The Hall–Kier alpha value is -2.71. The lowest BCUT2D eigenvalue weighted by atomic mass is 10.3. The molecular weight excluding hydrogens is 220 g/mol. The monoisotopic (exact) mass is 224 g/mol. The van der Waals surface area contributed by atoms with Crippen molar-refractivity contribution in [3.05, 3.63) is 38.4 Å². The maximum absolute atomic E-state index is 10.4. The molecule has 0 aliphatic rings. The Labute approximate surface area is 87.0 Å². The van der Waals surface area contributed by atoms with Crippen LogP contribution in [0.4, 0.5) is 11.7 Å². The van der Waals surface area contributed by atoms with Gasteiger partial charge in [0.2, 0.25) is 0 Å². The van der Waals surface area contributed by atoms with Gasteiger partial charge in [-0.1, -0.05) is 5.43 Å². The number of hydrazine groups is 1. The van der Waals surface area contributed by atoms with E-state index in [4.69, 9.17) is 4.42 Å². The average Bonchev–Trinajstić information content (AvgIpc) is 2.56. The summed E-state index contributed by atoms with van der Waals surface area (Å²) in [6.07, 6.45) is 0. The van der Waals surface area contributed by atoms with Crippen LogP contribution in [0, 0.1) is 20.2 Å². The molecule has 1 heterocycles. The molecule has 0 aliphatic heterocycles. The summed E-state index contributed by atoms with van der Waals surface area (Å²) >= 11 is 0. The highest BCUT2D eigenvalue weighted by Crippen LogP contribution is 2.23. The lowest BCUT2D eigenvalue weighted by Gasteiger charge is -1.88. The van der Waals surface area contributed by atoms with Gasteiger partial charge in [0, 0.05) is 6.07 Å². The van der Waals surface area contributed by atoms with Gasteiger partial charge in [0.05, 0.1) is 11.0 Å². The molecule has 0 unspecified atom stereocenters. The van der Waals surface area contributed by atoms with E-state index in [0.29, 0.717) is 5.52 Å². The van der Waals surface area contributed by atoms with E-state index in [1.54, 1.807) is 5.43 Å². The molecule has 82 valence electrons. The Morgan fingerprint density at radius 2 is 2.06 bits per heavy atom. The number of nitrogens with zero attached hydrogens (tertiary/aromatic N) is 3. The van der Waals surface area contributed by atoms with Gasteiger partial charge in [-0.15, -0.1) is 0 Å². The molecule has 0 spiro atoms. The van der Waals surface area contributed by atoms with Crippen LogP contribution in [0.15, 0.2) is 22.6 Å². The van der Waals surface area contributed by atoms with Crippen LogP contribution in [-0.4, -0.2) is 14.9 Å². The molecule has 0 fully saturated rings. The molecule has 1 aromatic carbocycles. The summed E-state index contributed by atoms with van der Waals surface area (Å²) in [6, 6.07) is 3.41. The molecule has 0 amide bonds. The summed E-state index contributed by atoms with van der Waals surface area (Å²) in [5, 5.41) is 19.7. The number of nitro benzene ring substituents is 1. The number of non-ortho nitro benzene ring substituents is 1. The third-order valence-electron chi connectivity index (χ3n) is 1.77. The molecule has 1 N–H and O–H groups in total. The summed E-state index contributed by atoms with van der Waals surface area (Å²) in [7, 11) is 0. The molecule has 0 radical (unpaired) electrons. The molecule has 0 saturated carbocycles. The minimum atomic E-state index is -0.834. The minimum Gasteiger partial charge on any atom is -0.420 e. The zero-order chi connectivity index (χ0) is 11.7. The maximum atomic E-state index is 10.4. The quantitative estimate of drug-likeness (QED) is 0.615. The molecule has 0 saturated heterocycles. The van der Waals surface area contributed by atoms with Crippen LogP contribution in [-0.2, 0) is 0 Å². The van der Waals surface area contributed by atoms with Crippen LogP contribution < -0.4 is 5.43 Å². The first-order valence-corrected chi connectivity index (χ1v) is 4.02. The van der Waals surface area contributed by atoms with Crippen LogP contribution in [0.2, 0.25) is 0 Å². The van der Waals surface area contributed by atoms with Crippen molar-refractivity contribution in [2.24, 2.45) is 0 Å². The fourth-order valence-electron chi connectivity index (χ4n) is 1.15. The maximum Gasteiger partial charge on any atom is 0.355 e. The molecule has 9 nitrogen and oxygen atoms in total. The largest absolute Gasteiger partial charge is 0.420 e. The van der Waals surface area contributed by atoms with Gasteiger partial charge in [-0.05, 0) is 6.07 Å².